The fraction of sp³-hybridized carbons (Fsp3) is 0.0500. The molecule has 0 bridgehead atoms. The second-order valence-electron chi connectivity index (χ2n) is 5.41. The minimum atomic E-state index is -0.413. The van der Waals surface area contributed by atoms with Crippen LogP contribution in [-0.4, -0.2) is 27.6 Å². The lowest BCUT2D eigenvalue weighted by molar-refractivity contribution is -0.121. The zero-order valence-electron chi connectivity index (χ0n) is 13.8. The quantitative estimate of drug-likeness (QED) is 0.254. The molecule has 0 saturated carbocycles. The molecule has 1 saturated heterocycles. The first-order chi connectivity index (χ1) is 12.6. The van der Waals surface area contributed by atoms with Gasteiger partial charge in [-0.3, -0.25) is 9.69 Å². The van der Waals surface area contributed by atoms with Crippen LogP contribution >= 0.6 is 24.0 Å². The highest BCUT2D eigenvalue weighted by Crippen LogP contribution is 2.32. The van der Waals surface area contributed by atoms with Gasteiger partial charge in [0.15, 0.2) is 0 Å². The fourth-order valence-electron chi connectivity index (χ4n) is 2.31. The van der Waals surface area contributed by atoms with Crippen molar-refractivity contribution >= 4 is 46.3 Å². The number of ether oxygens (including phenoxy) is 1. The van der Waals surface area contributed by atoms with Gasteiger partial charge in [0.05, 0.1) is 10.5 Å². The minimum absolute atomic E-state index is 0.125. The highest BCUT2D eigenvalue weighted by Gasteiger charge is 2.30. The number of amides is 1. The molecule has 0 aliphatic carbocycles. The van der Waals surface area contributed by atoms with Crippen molar-refractivity contribution in [3.63, 3.8) is 0 Å². The summed E-state index contributed by atoms with van der Waals surface area (Å²) in [4.78, 5) is 26.4. The molecule has 130 valence electrons. The molecule has 0 atom stereocenters. The molecule has 0 radical (unpaired) electrons. The van der Waals surface area contributed by atoms with Gasteiger partial charge in [-0.2, -0.15) is 0 Å². The van der Waals surface area contributed by atoms with Gasteiger partial charge < -0.3 is 4.74 Å². The maximum absolute atomic E-state index is 12.3. The van der Waals surface area contributed by atoms with E-state index in [2.05, 4.69) is 6.58 Å². The maximum atomic E-state index is 12.3. The van der Waals surface area contributed by atoms with Crippen LogP contribution in [0.25, 0.3) is 6.08 Å². The van der Waals surface area contributed by atoms with E-state index < -0.39 is 5.97 Å². The summed E-state index contributed by atoms with van der Waals surface area (Å²) in [6.45, 7) is 4.03. The Balaban J connectivity index is 1.70. The first-order valence-corrected chi connectivity index (χ1v) is 9.04. The second-order valence-corrected chi connectivity index (χ2v) is 7.08. The predicted octanol–water partition coefficient (Wildman–Crippen LogP) is 4.29. The van der Waals surface area contributed by atoms with E-state index in [0.29, 0.717) is 27.1 Å². The summed E-state index contributed by atoms with van der Waals surface area (Å²) in [6.07, 6.45) is 3.41. The Morgan fingerprint density at radius 3 is 2.50 bits per heavy atom. The van der Waals surface area contributed by atoms with Gasteiger partial charge in [0.2, 0.25) is 0 Å². The van der Waals surface area contributed by atoms with Crippen LogP contribution in [0.4, 0.5) is 0 Å². The Morgan fingerprint density at radius 1 is 1.15 bits per heavy atom. The summed E-state index contributed by atoms with van der Waals surface area (Å²) in [5, 5.41) is 0. The highest BCUT2D eigenvalue weighted by molar-refractivity contribution is 8.26. The Morgan fingerprint density at radius 2 is 1.85 bits per heavy atom. The van der Waals surface area contributed by atoms with Gasteiger partial charge in [0.1, 0.15) is 10.1 Å². The average molecular weight is 381 g/mol. The average Bonchev–Trinajstić information content (AvgIpc) is 2.92. The Bertz CT molecular complexity index is 889. The maximum Gasteiger partial charge on any atom is 0.343 e. The van der Waals surface area contributed by atoms with Crippen molar-refractivity contribution in [3.05, 3.63) is 83.3 Å². The first-order valence-electron chi connectivity index (χ1n) is 7.82. The number of esters is 1. The lowest BCUT2D eigenvalue weighted by Gasteiger charge is -2.10. The van der Waals surface area contributed by atoms with Gasteiger partial charge in [0, 0.05) is 6.54 Å². The van der Waals surface area contributed by atoms with Gasteiger partial charge in [-0.1, -0.05) is 60.4 Å². The van der Waals surface area contributed by atoms with E-state index in [1.54, 1.807) is 60.7 Å². The van der Waals surface area contributed by atoms with Gasteiger partial charge in [0.25, 0.3) is 5.91 Å². The van der Waals surface area contributed by atoms with Crippen molar-refractivity contribution < 1.29 is 14.3 Å². The van der Waals surface area contributed by atoms with Crippen molar-refractivity contribution in [3.8, 4) is 5.75 Å². The zero-order chi connectivity index (χ0) is 18.5. The number of thiocarbonyl (C=S) groups is 1. The van der Waals surface area contributed by atoms with Crippen LogP contribution in [0.1, 0.15) is 15.9 Å². The normalized spacial score (nSPS) is 15.4. The predicted molar refractivity (Wildman–Crippen MR) is 108 cm³/mol. The molecule has 4 nitrogen and oxygen atoms in total. The van der Waals surface area contributed by atoms with Crippen LogP contribution in [0.3, 0.4) is 0 Å². The summed E-state index contributed by atoms with van der Waals surface area (Å²) in [6, 6.07) is 15.7. The molecule has 1 aliphatic heterocycles. The third-order valence-corrected chi connectivity index (χ3v) is 4.96. The minimum Gasteiger partial charge on any atom is -0.423 e. The van der Waals surface area contributed by atoms with Crippen LogP contribution in [0, 0.1) is 0 Å². The molecule has 2 aromatic rings. The number of hydrogen-bond acceptors (Lipinski definition) is 5. The van der Waals surface area contributed by atoms with Crippen LogP contribution in [0.2, 0.25) is 0 Å². The fourth-order valence-corrected chi connectivity index (χ4v) is 3.59. The molecule has 0 N–H and O–H groups in total. The Kier molecular flexibility index (Phi) is 5.65. The molecular weight excluding hydrogens is 366 g/mol. The molecule has 1 aliphatic rings. The molecular formula is C20H15NO3S2. The van der Waals surface area contributed by atoms with Gasteiger partial charge in [-0.15, -0.1) is 6.58 Å². The summed E-state index contributed by atoms with van der Waals surface area (Å²) < 4.78 is 5.86. The molecule has 1 heterocycles. The molecule has 1 fully saturated rings. The number of hydrogen-bond donors (Lipinski definition) is 0. The SMILES string of the molecule is C=CCN1C(=O)C(=Cc2ccc(OC(=O)c3ccccc3)cc2)SC1=S. The van der Waals surface area contributed by atoms with E-state index >= 15 is 0 Å². The number of carbonyl (C=O) groups excluding carboxylic acids is 2. The molecule has 26 heavy (non-hydrogen) atoms. The van der Waals surface area contributed by atoms with Crippen LogP contribution in [0.15, 0.2) is 72.2 Å². The van der Waals surface area contributed by atoms with Gasteiger partial charge in [-0.25, -0.2) is 4.79 Å². The first kappa shape index (κ1) is 18.1. The Labute approximate surface area is 161 Å². The topological polar surface area (TPSA) is 46.6 Å². The summed E-state index contributed by atoms with van der Waals surface area (Å²) >= 11 is 6.48. The third kappa shape index (κ3) is 4.09. The van der Waals surface area contributed by atoms with Crippen molar-refractivity contribution in [2.75, 3.05) is 6.54 Å². The van der Waals surface area contributed by atoms with E-state index in [1.165, 1.54) is 16.7 Å². The number of carbonyl (C=O) groups is 2. The zero-order valence-corrected chi connectivity index (χ0v) is 15.4. The van der Waals surface area contributed by atoms with E-state index in [1.807, 2.05) is 6.07 Å². The van der Waals surface area contributed by atoms with Crippen molar-refractivity contribution in [1.29, 1.82) is 0 Å². The van der Waals surface area contributed by atoms with E-state index in [0.717, 1.165) is 5.56 Å². The largest absolute Gasteiger partial charge is 0.423 e. The molecule has 1 amide bonds. The molecule has 0 unspecified atom stereocenters. The standard InChI is InChI=1S/C20H15NO3S2/c1-2-12-21-18(22)17(26-20(21)25)13-14-8-10-16(11-9-14)24-19(23)15-6-4-3-5-7-15/h2-11,13H,1,12H2. The lowest BCUT2D eigenvalue weighted by Crippen LogP contribution is -2.27. The van der Waals surface area contributed by atoms with E-state index in [9.17, 15) is 9.59 Å². The number of benzene rings is 2. The lowest BCUT2D eigenvalue weighted by atomic mass is 10.2. The van der Waals surface area contributed by atoms with Gasteiger partial charge in [-0.05, 0) is 35.9 Å². The Hall–Kier alpha value is -2.70. The number of thioether (sulfide) groups is 1. The summed E-state index contributed by atoms with van der Waals surface area (Å²) in [5.74, 6) is -0.0988. The smallest absolute Gasteiger partial charge is 0.343 e. The van der Waals surface area contributed by atoms with Crippen LogP contribution in [-0.2, 0) is 4.79 Å². The van der Waals surface area contributed by atoms with Crippen molar-refractivity contribution in [2.24, 2.45) is 0 Å². The molecule has 0 aromatic heterocycles. The number of rotatable bonds is 5. The molecule has 6 heteroatoms. The third-order valence-electron chi connectivity index (χ3n) is 3.58. The molecule has 0 spiro atoms. The monoisotopic (exact) mass is 381 g/mol. The van der Waals surface area contributed by atoms with Crippen molar-refractivity contribution in [1.82, 2.24) is 4.90 Å². The highest BCUT2D eigenvalue weighted by atomic mass is 32.2. The molecule has 2 aromatic carbocycles. The van der Waals surface area contributed by atoms with E-state index in [-0.39, 0.29) is 5.91 Å². The number of nitrogens with zero attached hydrogens (tertiary/aromatic N) is 1. The second kappa shape index (κ2) is 8.12. The van der Waals surface area contributed by atoms with Gasteiger partial charge >= 0.3 is 5.97 Å². The van der Waals surface area contributed by atoms with Crippen LogP contribution in [0.5, 0.6) is 5.75 Å². The summed E-state index contributed by atoms with van der Waals surface area (Å²) in [7, 11) is 0. The molecule has 3 rings (SSSR count). The van der Waals surface area contributed by atoms with Crippen molar-refractivity contribution in [2.45, 2.75) is 0 Å². The summed E-state index contributed by atoms with van der Waals surface area (Å²) in [5.41, 5.74) is 1.31. The van der Waals surface area contributed by atoms with E-state index in [4.69, 9.17) is 17.0 Å². The van der Waals surface area contributed by atoms with Crippen LogP contribution < -0.4 is 4.74 Å².